The van der Waals surface area contributed by atoms with Crippen molar-refractivity contribution in [3.63, 3.8) is 0 Å². The Morgan fingerprint density at radius 3 is 2.26 bits per heavy atom. The molecule has 0 spiro atoms. The lowest BCUT2D eigenvalue weighted by Crippen LogP contribution is -1.94. The first-order chi connectivity index (χ1) is 9.36. The van der Waals surface area contributed by atoms with Crippen molar-refractivity contribution in [2.75, 3.05) is 5.73 Å². The van der Waals surface area contributed by atoms with Gasteiger partial charge in [0, 0.05) is 5.69 Å². The number of fused-ring (bicyclic) bond motifs is 3. The Kier molecular flexibility index (Phi) is 1.91. The summed E-state index contributed by atoms with van der Waals surface area (Å²) < 4.78 is 3.92. The minimum atomic E-state index is 0.404. The maximum absolute atomic E-state index is 5.91. The fraction of sp³-hybridized carbons (Fsp3) is 0. The van der Waals surface area contributed by atoms with E-state index in [0.717, 1.165) is 22.5 Å². The van der Waals surface area contributed by atoms with Crippen LogP contribution in [0.4, 0.5) is 5.95 Å². The van der Waals surface area contributed by atoms with Crippen LogP contribution in [0.25, 0.3) is 22.5 Å². The van der Waals surface area contributed by atoms with Gasteiger partial charge in [-0.15, -0.1) is 10.2 Å². The molecule has 5 heteroatoms. The topological polar surface area (TPSA) is 61.1 Å². The summed E-state index contributed by atoms with van der Waals surface area (Å²) in [5.41, 5.74) is 9.02. The van der Waals surface area contributed by atoms with E-state index in [9.17, 15) is 0 Å². The van der Waals surface area contributed by atoms with Crippen molar-refractivity contribution in [3.8, 4) is 5.69 Å². The molecular formula is C14H11N5. The second-order valence-corrected chi connectivity index (χ2v) is 4.35. The van der Waals surface area contributed by atoms with E-state index in [1.807, 2.05) is 52.9 Å². The minimum absolute atomic E-state index is 0.404. The summed E-state index contributed by atoms with van der Waals surface area (Å²) in [4.78, 5) is 0. The fourth-order valence-electron chi connectivity index (χ4n) is 2.45. The van der Waals surface area contributed by atoms with Gasteiger partial charge in [0.25, 0.3) is 0 Å². The van der Waals surface area contributed by atoms with Crippen molar-refractivity contribution >= 4 is 22.8 Å². The number of anilines is 1. The van der Waals surface area contributed by atoms with Crippen LogP contribution in [-0.4, -0.2) is 19.2 Å². The van der Waals surface area contributed by atoms with Crippen LogP contribution >= 0.6 is 0 Å². The molecule has 4 rings (SSSR count). The van der Waals surface area contributed by atoms with Gasteiger partial charge in [-0.1, -0.05) is 30.3 Å². The van der Waals surface area contributed by atoms with Crippen molar-refractivity contribution in [2.24, 2.45) is 0 Å². The first kappa shape index (κ1) is 10.1. The summed E-state index contributed by atoms with van der Waals surface area (Å²) in [6, 6.07) is 18.1. The van der Waals surface area contributed by atoms with E-state index in [0.29, 0.717) is 5.95 Å². The molecule has 0 saturated heterocycles. The molecule has 4 aromatic rings. The summed E-state index contributed by atoms with van der Waals surface area (Å²) in [5.74, 6) is 1.13. The molecule has 5 nitrogen and oxygen atoms in total. The SMILES string of the molecule is Nc1nnc2n(-c3ccccc3)c3ccccc3n12. The fourth-order valence-corrected chi connectivity index (χ4v) is 2.45. The number of nitrogens with zero attached hydrogens (tertiary/aromatic N) is 4. The second kappa shape index (κ2) is 3.58. The average molecular weight is 249 g/mol. The number of para-hydroxylation sites is 3. The van der Waals surface area contributed by atoms with Crippen LogP contribution in [-0.2, 0) is 0 Å². The van der Waals surface area contributed by atoms with Gasteiger partial charge < -0.3 is 5.73 Å². The van der Waals surface area contributed by atoms with Crippen LogP contribution in [0.1, 0.15) is 0 Å². The van der Waals surface area contributed by atoms with Crippen LogP contribution in [0.5, 0.6) is 0 Å². The van der Waals surface area contributed by atoms with E-state index in [-0.39, 0.29) is 0 Å². The zero-order valence-corrected chi connectivity index (χ0v) is 10.1. The third-order valence-electron chi connectivity index (χ3n) is 3.25. The van der Waals surface area contributed by atoms with Gasteiger partial charge in [0.1, 0.15) is 0 Å². The molecule has 0 radical (unpaired) electrons. The molecular weight excluding hydrogens is 238 g/mol. The van der Waals surface area contributed by atoms with Crippen LogP contribution in [0, 0.1) is 0 Å². The molecule has 19 heavy (non-hydrogen) atoms. The smallest absolute Gasteiger partial charge is 0.242 e. The van der Waals surface area contributed by atoms with Crippen molar-refractivity contribution in [2.45, 2.75) is 0 Å². The van der Waals surface area contributed by atoms with E-state index in [1.165, 1.54) is 0 Å². The number of nitrogens with two attached hydrogens (primary N) is 1. The molecule has 2 aromatic carbocycles. The third-order valence-corrected chi connectivity index (χ3v) is 3.25. The van der Waals surface area contributed by atoms with Gasteiger partial charge in [-0.3, -0.25) is 4.57 Å². The average Bonchev–Trinajstić information content (AvgIpc) is 2.98. The van der Waals surface area contributed by atoms with Crippen molar-refractivity contribution in [1.82, 2.24) is 19.2 Å². The Morgan fingerprint density at radius 2 is 1.47 bits per heavy atom. The predicted molar refractivity (Wildman–Crippen MR) is 74.2 cm³/mol. The number of hydrogen-bond acceptors (Lipinski definition) is 3. The standard InChI is InChI=1S/C14H11N5/c15-13-16-17-14-18(10-6-2-1-3-7-10)11-8-4-5-9-12(11)19(13)14/h1-9H,(H2,15,16). The molecule has 0 aliphatic rings. The number of imidazole rings is 1. The van der Waals surface area contributed by atoms with Gasteiger partial charge in [-0.25, -0.2) is 4.40 Å². The Hall–Kier alpha value is -2.82. The Labute approximate surface area is 108 Å². The molecule has 2 aromatic heterocycles. The van der Waals surface area contributed by atoms with Crippen molar-refractivity contribution in [1.29, 1.82) is 0 Å². The van der Waals surface area contributed by atoms with Gasteiger partial charge >= 0.3 is 0 Å². The van der Waals surface area contributed by atoms with E-state index in [2.05, 4.69) is 20.8 Å². The minimum Gasteiger partial charge on any atom is -0.368 e. The summed E-state index contributed by atoms with van der Waals surface area (Å²) >= 11 is 0. The van der Waals surface area contributed by atoms with Gasteiger partial charge in [0.15, 0.2) is 0 Å². The van der Waals surface area contributed by atoms with Crippen LogP contribution < -0.4 is 5.73 Å². The Bertz CT molecular complexity index is 873. The molecule has 0 unspecified atom stereocenters. The molecule has 2 heterocycles. The Morgan fingerprint density at radius 1 is 0.789 bits per heavy atom. The monoisotopic (exact) mass is 249 g/mol. The zero-order valence-electron chi connectivity index (χ0n) is 10.1. The maximum Gasteiger partial charge on any atom is 0.242 e. The van der Waals surface area contributed by atoms with E-state index in [1.54, 1.807) is 0 Å². The lowest BCUT2D eigenvalue weighted by molar-refractivity contribution is 1.05. The predicted octanol–water partition coefficient (Wildman–Crippen LogP) is 2.26. The number of aromatic nitrogens is 4. The van der Waals surface area contributed by atoms with Crippen molar-refractivity contribution in [3.05, 3.63) is 54.6 Å². The molecule has 0 bridgehead atoms. The highest BCUT2D eigenvalue weighted by molar-refractivity contribution is 5.84. The summed E-state index contributed by atoms with van der Waals surface area (Å²) in [6.45, 7) is 0. The molecule has 0 atom stereocenters. The molecule has 0 aliphatic heterocycles. The quantitative estimate of drug-likeness (QED) is 0.563. The molecule has 0 amide bonds. The Balaban J connectivity index is 2.24. The summed E-state index contributed by atoms with van der Waals surface area (Å²) in [6.07, 6.45) is 0. The molecule has 0 saturated carbocycles. The van der Waals surface area contributed by atoms with Crippen LogP contribution in [0.15, 0.2) is 54.6 Å². The first-order valence-electron chi connectivity index (χ1n) is 6.02. The molecule has 0 fully saturated rings. The van der Waals surface area contributed by atoms with Gasteiger partial charge in [0.2, 0.25) is 11.7 Å². The second-order valence-electron chi connectivity index (χ2n) is 4.35. The maximum atomic E-state index is 5.91. The number of nitrogen functional groups attached to an aromatic ring is 1. The largest absolute Gasteiger partial charge is 0.368 e. The van der Waals surface area contributed by atoms with E-state index < -0.39 is 0 Å². The van der Waals surface area contributed by atoms with Crippen LogP contribution in [0.3, 0.4) is 0 Å². The summed E-state index contributed by atoms with van der Waals surface area (Å²) in [7, 11) is 0. The van der Waals surface area contributed by atoms with E-state index in [4.69, 9.17) is 5.73 Å². The molecule has 92 valence electrons. The van der Waals surface area contributed by atoms with Crippen LogP contribution in [0.2, 0.25) is 0 Å². The van der Waals surface area contributed by atoms with E-state index >= 15 is 0 Å². The highest BCUT2D eigenvalue weighted by Crippen LogP contribution is 2.25. The number of rotatable bonds is 1. The zero-order chi connectivity index (χ0) is 12.8. The lowest BCUT2D eigenvalue weighted by atomic mass is 10.3. The number of benzene rings is 2. The normalized spacial score (nSPS) is 11.4. The van der Waals surface area contributed by atoms with Crippen molar-refractivity contribution < 1.29 is 0 Å². The number of hydrogen-bond donors (Lipinski definition) is 1. The lowest BCUT2D eigenvalue weighted by Gasteiger charge is -2.03. The highest BCUT2D eigenvalue weighted by atomic mass is 15.4. The molecule has 0 aliphatic carbocycles. The highest BCUT2D eigenvalue weighted by Gasteiger charge is 2.15. The first-order valence-corrected chi connectivity index (χ1v) is 6.02. The van der Waals surface area contributed by atoms with Gasteiger partial charge in [-0.05, 0) is 24.3 Å². The van der Waals surface area contributed by atoms with Gasteiger partial charge in [0.05, 0.1) is 11.0 Å². The third kappa shape index (κ3) is 1.29. The molecule has 2 N–H and O–H groups in total. The summed E-state index contributed by atoms with van der Waals surface area (Å²) in [5, 5.41) is 8.14. The van der Waals surface area contributed by atoms with Gasteiger partial charge in [-0.2, -0.15) is 0 Å².